The van der Waals surface area contributed by atoms with E-state index in [-0.39, 0.29) is 6.04 Å². The van der Waals surface area contributed by atoms with Gasteiger partial charge in [0.15, 0.2) is 0 Å². The molecule has 1 unspecified atom stereocenters. The fraction of sp³-hybridized carbons (Fsp3) is 0.400. The highest BCUT2D eigenvalue weighted by molar-refractivity contribution is 5.34. The third-order valence-corrected chi connectivity index (χ3v) is 4.42. The van der Waals surface area contributed by atoms with Gasteiger partial charge in [0, 0.05) is 25.7 Å². The number of rotatable bonds is 8. The van der Waals surface area contributed by atoms with Crippen LogP contribution in [0.15, 0.2) is 54.6 Å². The lowest BCUT2D eigenvalue weighted by Crippen LogP contribution is -2.64. The van der Waals surface area contributed by atoms with Crippen LogP contribution in [0.1, 0.15) is 31.4 Å². The minimum atomic E-state index is -0.595. The molecule has 1 saturated heterocycles. The number of nitrogens with one attached hydrogen (secondary N) is 2. The summed E-state index contributed by atoms with van der Waals surface area (Å²) in [4.78, 5) is 0. The van der Waals surface area contributed by atoms with Gasteiger partial charge >= 0.3 is 0 Å². The van der Waals surface area contributed by atoms with Gasteiger partial charge in [-0.05, 0) is 36.2 Å². The van der Waals surface area contributed by atoms with Gasteiger partial charge in [-0.2, -0.15) is 0 Å². The molecule has 1 aliphatic rings. The maximum Gasteiger partial charge on any atom is 0.127 e. The fourth-order valence-electron chi connectivity index (χ4n) is 2.92. The van der Waals surface area contributed by atoms with Crippen LogP contribution in [0.4, 0.5) is 0 Å². The Kier molecular flexibility index (Phi) is 5.51. The summed E-state index contributed by atoms with van der Waals surface area (Å²) in [5.41, 5.74) is 0.635. The Balaban J connectivity index is 1.62. The van der Waals surface area contributed by atoms with Crippen molar-refractivity contribution in [3.8, 4) is 11.5 Å². The van der Waals surface area contributed by atoms with Gasteiger partial charge in [-0.15, -0.1) is 0 Å². The Bertz CT molecular complexity index is 624. The first-order valence-electron chi connectivity index (χ1n) is 8.68. The molecule has 1 aliphatic heterocycles. The Morgan fingerprint density at radius 3 is 2.33 bits per heavy atom. The zero-order valence-electron chi connectivity index (χ0n) is 14.2. The lowest BCUT2D eigenvalue weighted by Gasteiger charge is -2.39. The van der Waals surface area contributed by atoms with Crippen molar-refractivity contribution in [3.05, 3.63) is 60.2 Å². The maximum absolute atomic E-state index is 10.2. The molecular weight excluding hydrogens is 300 g/mol. The molecule has 1 heterocycles. The molecule has 0 spiro atoms. The maximum atomic E-state index is 10.2. The van der Waals surface area contributed by atoms with E-state index in [1.54, 1.807) is 0 Å². The molecule has 2 aromatic rings. The molecule has 2 aromatic carbocycles. The summed E-state index contributed by atoms with van der Waals surface area (Å²) < 4.78 is 5.85. The van der Waals surface area contributed by atoms with Crippen LogP contribution in [-0.2, 0) is 0 Å². The lowest BCUT2D eigenvalue weighted by molar-refractivity contribution is -0.0108. The molecule has 4 nitrogen and oxygen atoms in total. The Hall–Kier alpha value is -1.88. The van der Waals surface area contributed by atoms with Crippen LogP contribution in [-0.4, -0.2) is 30.3 Å². The minimum Gasteiger partial charge on any atom is -0.457 e. The lowest BCUT2D eigenvalue weighted by atomic mass is 9.95. The zero-order valence-corrected chi connectivity index (χ0v) is 14.2. The van der Waals surface area contributed by atoms with E-state index < -0.39 is 5.60 Å². The minimum absolute atomic E-state index is 0.255. The molecule has 24 heavy (non-hydrogen) atoms. The van der Waals surface area contributed by atoms with E-state index >= 15 is 0 Å². The van der Waals surface area contributed by atoms with Crippen LogP contribution in [0, 0.1) is 0 Å². The van der Waals surface area contributed by atoms with Crippen LogP contribution in [0.3, 0.4) is 0 Å². The van der Waals surface area contributed by atoms with Crippen molar-refractivity contribution in [3.63, 3.8) is 0 Å². The Morgan fingerprint density at radius 1 is 1.08 bits per heavy atom. The van der Waals surface area contributed by atoms with Crippen molar-refractivity contribution in [2.45, 2.75) is 31.4 Å². The van der Waals surface area contributed by atoms with Gasteiger partial charge in [-0.1, -0.05) is 43.7 Å². The van der Waals surface area contributed by atoms with Crippen molar-refractivity contribution in [1.29, 1.82) is 0 Å². The SMILES string of the molecule is CCCC(NCC1(O)CNC1)c1ccc(Oc2ccccc2)cc1. The van der Waals surface area contributed by atoms with Gasteiger partial charge in [-0.25, -0.2) is 0 Å². The summed E-state index contributed by atoms with van der Waals surface area (Å²) in [5.74, 6) is 1.68. The van der Waals surface area contributed by atoms with Gasteiger partial charge in [-0.3, -0.25) is 0 Å². The summed E-state index contributed by atoms with van der Waals surface area (Å²) in [6.45, 7) is 4.14. The van der Waals surface area contributed by atoms with Crippen LogP contribution in [0.5, 0.6) is 11.5 Å². The average molecular weight is 326 g/mol. The van der Waals surface area contributed by atoms with Crippen LogP contribution in [0.2, 0.25) is 0 Å². The van der Waals surface area contributed by atoms with Crippen LogP contribution < -0.4 is 15.4 Å². The highest BCUT2D eigenvalue weighted by atomic mass is 16.5. The Morgan fingerprint density at radius 2 is 1.75 bits per heavy atom. The molecular formula is C20H26N2O2. The van der Waals surface area contributed by atoms with E-state index in [0.29, 0.717) is 19.6 Å². The predicted molar refractivity (Wildman–Crippen MR) is 96.4 cm³/mol. The van der Waals surface area contributed by atoms with Gasteiger partial charge < -0.3 is 20.5 Å². The summed E-state index contributed by atoms with van der Waals surface area (Å²) >= 11 is 0. The van der Waals surface area contributed by atoms with E-state index in [4.69, 9.17) is 4.74 Å². The quantitative estimate of drug-likeness (QED) is 0.697. The molecule has 1 atom stereocenters. The first-order chi connectivity index (χ1) is 11.7. The standard InChI is InChI=1S/C20H26N2O2/c1-2-6-19(22-15-20(23)13-21-14-20)16-9-11-18(12-10-16)24-17-7-4-3-5-8-17/h3-5,7-12,19,21-23H,2,6,13-15H2,1H3. The first-order valence-corrected chi connectivity index (χ1v) is 8.68. The van der Waals surface area contributed by atoms with Gasteiger partial charge in [0.05, 0.1) is 0 Å². The molecule has 128 valence electrons. The number of hydrogen-bond acceptors (Lipinski definition) is 4. The average Bonchev–Trinajstić information content (AvgIpc) is 2.59. The highest BCUT2D eigenvalue weighted by Gasteiger charge is 2.34. The second-order valence-electron chi connectivity index (χ2n) is 6.53. The third kappa shape index (κ3) is 4.35. The number of para-hydroxylation sites is 1. The van der Waals surface area contributed by atoms with Gasteiger partial charge in [0.2, 0.25) is 0 Å². The molecule has 1 fully saturated rings. The number of benzene rings is 2. The van der Waals surface area contributed by atoms with E-state index in [1.165, 1.54) is 5.56 Å². The summed E-state index contributed by atoms with van der Waals surface area (Å²) in [7, 11) is 0. The smallest absolute Gasteiger partial charge is 0.127 e. The van der Waals surface area contributed by atoms with Crippen molar-refractivity contribution < 1.29 is 9.84 Å². The van der Waals surface area contributed by atoms with Crippen LogP contribution >= 0.6 is 0 Å². The van der Waals surface area contributed by atoms with Crippen molar-refractivity contribution in [1.82, 2.24) is 10.6 Å². The molecule has 3 N–H and O–H groups in total. The normalized spacial score (nSPS) is 17.1. The topological polar surface area (TPSA) is 53.5 Å². The number of aliphatic hydroxyl groups is 1. The van der Waals surface area contributed by atoms with Gasteiger partial charge in [0.25, 0.3) is 0 Å². The zero-order chi connectivity index (χ0) is 16.8. The molecule has 0 bridgehead atoms. The van der Waals surface area contributed by atoms with Gasteiger partial charge in [0.1, 0.15) is 17.1 Å². The second-order valence-corrected chi connectivity index (χ2v) is 6.53. The second kappa shape index (κ2) is 7.79. The van der Waals surface area contributed by atoms with Crippen molar-refractivity contribution in [2.24, 2.45) is 0 Å². The van der Waals surface area contributed by atoms with E-state index in [2.05, 4.69) is 29.7 Å². The molecule has 0 radical (unpaired) electrons. The predicted octanol–water partition coefficient (Wildman–Crippen LogP) is 3.24. The molecule has 3 rings (SSSR count). The number of ether oxygens (including phenoxy) is 1. The Labute approximate surface area is 143 Å². The largest absolute Gasteiger partial charge is 0.457 e. The van der Waals surface area contributed by atoms with E-state index in [1.807, 2.05) is 42.5 Å². The third-order valence-electron chi connectivity index (χ3n) is 4.42. The van der Waals surface area contributed by atoms with Crippen LogP contribution in [0.25, 0.3) is 0 Å². The fourth-order valence-corrected chi connectivity index (χ4v) is 2.92. The van der Waals surface area contributed by atoms with Crippen molar-refractivity contribution in [2.75, 3.05) is 19.6 Å². The van der Waals surface area contributed by atoms with E-state index in [9.17, 15) is 5.11 Å². The van der Waals surface area contributed by atoms with Crippen molar-refractivity contribution >= 4 is 0 Å². The monoisotopic (exact) mass is 326 g/mol. The molecule has 0 amide bonds. The summed E-state index contributed by atoms with van der Waals surface area (Å²) in [6, 6.07) is 18.3. The summed E-state index contributed by atoms with van der Waals surface area (Å²) in [5, 5.41) is 16.9. The van der Waals surface area contributed by atoms with E-state index in [0.717, 1.165) is 24.3 Å². The molecule has 0 aliphatic carbocycles. The number of β-amino-alcohol motifs (C(OH)–C–C–N with tert-alkyl or cyclic N) is 1. The summed E-state index contributed by atoms with van der Waals surface area (Å²) in [6.07, 6.45) is 2.14. The highest BCUT2D eigenvalue weighted by Crippen LogP contribution is 2.25. The first kappa shape index (κ1) is 17.0. The molecule has 4 heteroatoms. The number of hydrogen-bond donors (Lipinski definition) is 3. The molecule has 0 saturated carbocycles. The molecule has 0 aromatic heterocycles.